The number of hydrogen-bond donors (Lipinski definition) is 0. The fourth-order valence-electron chi connectivity index (χ4n) is 3.30. The summed E-state index contributed by atoms with van der Waals surface area (Å²) in [6.45, 7) is 16.7. The molecule has 0 unspecified atom stereocenters. The van der Waals surface area contributed by atoms with Crippen molar-refractivity contribution in [2.75, 3.05) is 0 Å². The normalized spacial score (nSPS) is 11.5. The zero-order chi connectivity index (χ0) is 20.9. The predicted molar refractivity (Wildman–Crippen MR) is 140 cm³/mol. The van der Waals surface area contributed by atoms with Gasteiger partial charge in [-0.3, -0.25) is 15.5 Å². The average Bonchev–Trinajstić information content (AvgIpc) is 3.32. The summed E-state index contributed by atoms with van der Waals surface area (Å²) in [5.41, 5.74) is 3.21. The molecule has 0 bridgehead atoms. The SMILES string of the molecule is CC(C)(C)c1ccc2c(c1)[cH-]c1cc(C(C)(C)C)ccc12.F.F.[C-]1=CC=CC1.[CH3-].[CH3-].[Si]=[Zr]. The van der Waals surface area contributed by atoms with E-state index < -0.39 is 0 Å². The molecule has 3 aromatic carbocycles. The Morgan fingerprint density at radius 1 is 0.781 bits per heavy atom. The molecule has 0 saturated heterocycles. The molecule has 0 N–H and O–H groups in total. The van der Waals surface area contributed by atoms with Gasteiger partial charge in [0.15, 0.2) is 0 Å². The van der Waals surface area contributed by atoms with E-state index in [1.807, 2.05) is 12.2 Å². The van der Waals surface area contributed by atoms with Gasteiger partial charge in [-0.15, -0.1) is 46.2 Å². The minimum atomic E-state index is 0. The standard InChI is InChI=1S/C21H25.C5H5.2CH3.2FH.Si.Zr/c1-20(2,3)16-7-9-18-14(12-16)11-15-13-17(21(4,5)6)8-10-19(15)18;1-2-4-5-3-1;;;;;;/h7-13H,1-6H3;1-3H,4H2;2*1H3;2*1H;;/q4*-1;;;;. The van der Waals surface area contributed by atoms with Crippen LogP contribution in [0.25, 0.3) is 21.5 Å². The zero-order valence-electron chi connectivity index (χ0n) is 20.8. The Morgan fingerprint density at radius 3 is 1.44 bits per heavy atom. The quantitative estimate of drug-likeness (QED) is 0.202. The number of rotatable bonds is 0. The molecule has 0 heterocycles. The summed E-state index contributed by atoms with van der Waals surface area (Å²) in [6.07, 6.45) is 10.0. The van der Waals surface area contributed by atoms with Crippen molar-refractivity contribution in [3.8, 4) is 0 Å². The van der Waals surface area contributed by atoms with E-state index in [4.69, 9.17) is 0 Å². The first kappa shape index (κ1) is 35.3. The average molecular weight is 532 g/mol. The molecule has 4 rings (SSSR count). The number of allylic oxidation sites excluding steroid dienone is 4. The van der Waals surface area contributed by atoms with Crippen LogP contribution in [-0.4, -0.2) is 6.88 Å². The van der Waals surface area contributed by atoms with Crippen molar-refractivity contribution in [3.63, 3.8) is 0 Å². The summed E-state index contributed by atoms with van der Waals surface area (Å²) in [5.74, 6) is 0. The second-order valence-electron chi connectivity index (χ2n) is 9.25. The number of fused-ring (bicyclic) bond motifs is 3. The van der Waals surface area contributed by atoms with E-state index in [1.165, 1.54) is 56.0 Å². The molecule has 0 aromatic heterocycles. The molecule has 4 heteroatoms. The molecular weight excluding hydrogens is 494 g/mol. The molecule has 0 amide bonds. The third kappa shape index (κ3) is 8.94. The van der Waals surface area contributed by atoms with Crippen molar-refractivity contribution in [2.24, 2.45) is 0 Å². The Kier molecular flexibility index (Phi) is 16.4. The van der Waals surface area contributed by atoms with Gasteiger partial charge in [0.25, 0.3) is 0 Å². The zero-order valence-corrected chi connectivity index (χ0v) is 24.3. The van der Waals surface area contributed by atoms with Crippen LogP contribution in [0.4, 0.5) is 9.41 Å². The van der Waals surface area contributed by atoms with Crippen molar-refractivity contribution >= 4 is 28.4 Å². The van der Waals surface area contributed by atoms with Crippen LogP contribution in [0.2, 0.25) is 0 Å². The van der Waals surface area contributed by atoms with Crippen LogP contribution >= 0.6 is 0 Å². The van der Waals surface area contributed by atoms with Gasteiger partial charge >= 0.3 is 30.2 Å². The molecule has 3 aromatic rings. The van der Waals surface area contributed by atoms with E-state index in [0.29, 0.717) is 0 Å². The summed E-state index contributed by atoms with van der Waals surface area (Å²) in [4.78, 5) is 0. The van der Waals surface area contributed by atoms with Crippen molar-refractivity contribution < 1.29 is 32.7 Å². The second kappa shape index (κ2) is 14.8. The van der Waals surface area contributed by atoms with Gasteiger partial charge in [-0.1, -0.05) is 76.9 Å². The van der Waals surface area contributed by atoms with Crippen LogP contribution in [0.15, 0.2) is 60.7 Å². The first-order chi connectivity index (χ1) is 13.2. The van der Waals surface area contributed by atoms with E-state index in [-0.39, 0.29) is 35.1 Å². The Labute approximate surface area is 211 Å². The predicted octanol–water partition coefficient (Wildman–Crippen LogP) is 8.43. The fourth-order valence-corrected chi connectivity index (χ4v) is 3.30. The van der Waals surface area contributed by atoms with Gasteiger partial charge in [-0.05, 0) is 10.8 Å². The fraction of sp³-hybridized carbons (Fsp3) is 0.321. The molecule has 176 valence electrons. The molecule has 0 fully saturated rings. The van der Waals surface area contributed by atoms with Gasteiger partial charge in [0, 0.05) is 0 Å². The van der Waals surface area contributed by atoms with Crippen LogP contribution in [0.3, 0.4) is 0 Å². The molecule has 1 aliphatic rings. The van der Waals surface area contributed by atoms with Crippen LogP contribution < -0.4 is 0 Å². The monoisotopic (exact) mass is 530 g/mol. The van der Waals surface area contributed by atoms with E-state index in [1.54, 1.807) is 0 Å². The van der Waals surface area contributed by atoms with Crippen LogP contribution in [0, 0.1) is 20.9 Å². The molecule has 32 heavy (non-hydrogen) atoms. The van der Waals surface area contributed by atoms with Gasteiger partial charge in [0.05, 0.1) is 0 Å². The van der Waals surface area contributed by atoms with Gasteiger partial charge in [0.1, 0.15) is 0 Å². The van der Waals surface area contributed by atoms with Crippen LogP contribution in [0.5, 0.6) is 0 Å². The Morgan fingerprint density at radius 2 is 1.19 bits per heavy atom. The molecule has 1 aliphatic carbocycles. The van der Waals surface area contributed by atoms with E-state index in [0.717, 1.165) is 6.42 Å². The van der Waals surface area contributed by atoms with Gasteiger partial charge in [-0.25, -0.2) is 12.2 Å². The van der Waals surface area contributed by atoms with Gasteiger partial charge in [-0.2, -0.15) is 6.08 Å². The molecule has 0 nitrogen and oxygen atoms in total. The topological polar surface area (TPSA) is 0 Å². The first-order valence-corrected chi connectivity index (χ1v) is 14.0. The summed E-state index contributed by atoms with van der Waals surface area (Å²) in [5, 5.41) is 5.48. The molecule has 0 spiro atoms. The summed E-state index contributed by atoms with van der Waals surface area (Å²) >= 11 is 1.36. The van der Waals surface area contributed by atoms with Gasteiger partial charge < -0.3 is 14.9 Å². The maximum absolute atomic E-state index is 3.06. The first-order valence-electron chi connectivity index (χ1n) is 9.77. The second-order valence-corrected chi connectivity index (χ2v) is 9.25. The molecular formula is C28H38F2SiZr-4. The van der Waals surface area contributed by atoms with E-state index in [9.17, 15) is 0 Å². The summed E-state index contributed by atoms with van der Waals surface area (Å²) in [6, 6.07) is 16.2. The van der Waals surface area contributed by atoms with Crippen molar-refractivity contribution in [2.45, 2.75) is 58.8 Å². The van der Waals surface area contributed by atoms with Crippen molar-refractivity contribution in [1.82, 2.24) is 0 Å². The van der Waals surface area contributed by atoms with Crippen LogP contribution in [0.1, 0.15) is 59.1 Å². The third-order valence-corrected chi connectivity index (χ3v) is 5.02. The summed E-state index contributed by atoms with van der Waals surface area (Å²) < 4.78 is 0. The minimum absolute atomic E-state index is 0. The van der Waals surface area contributed by atoms with Crippen molar-refractivity contribution in [3.05, 3.63) is 92.7 Å². The Balaban J connectivity index is -0.000000670. The Bertz CT molecular complexity index is 924. The summed E-state index contributed by atoms with van der Waals surface area (Å²) in [7, 11) is 0. The number of benzene rings is 2. The van der Waals surface area contributed by atoms with E-state index in [2.05, 4.69) is 103 Å². The van der Waals surface area contributed by atoms with E-state index >= 15 is 0 Å². The molecule has 0 saturated carbocycles. The van der Waals surface area contributed by atoms with Crippen molar-refractivity contribution in [1.29, 1.82) is 0 Å². The Hall–Kier alpha value is -1.25. The maximum atomic E-state index is 3.06. The molecule has 2 radical (unpaired) electrons. The number of halogens is 2. The molecule has 0 atom stereocenters. The van der Waals surface area contributed by atoms with Crippen LogP contribution in [-0.2, 0) is 34.2 Å². The molecule has 0 aliphatic heterocycles. The number of hydrogen-bond acceptors (Lipinski definition) is 0. The van der Waals surface area contributed by atoms with Gasteiger partial charge in [0.2, 0.25) is 0 Å². The third-order valence-electron chi connectivity index (χ3n) is 5.02.